The van der Waals surface area contributed by atoms with E-state index in [4.69, 9.17) is 9.47 Å². The molecule has 7 heteroatoms. The normalized spacial score (nSPS) is 11.0. The van der Waals surface area contributed by atoms with Gasteiger partial charge in [0, 0.05) is 17.0 Å². The van der Waals surface area contributed by atoms with Gasteiger partial charge in [0.05, 0.1) is 19.9 Å². The van der Waals surface area contributed by atoms with Crippen molar-refractivity contribution in [1.29, 1.82) is 0 Å². The molecule has 0 atom stereocenters. The van der Waals surface area contributed by atoms with Crippen LogP contribution in [0.15, 0.2) is 18.2 Å². The van der Waals surface area contributed by atoms with Crippen LogP contribution in [0.3, 0.4) is 0 Å². The highest BCUT2D eigenvalue weighted by molar-refractivity contribution is 7.19. The average molecular weight is 346 g/mol. The van der Waals surface area contributed by atoms with Crippen LogP contribution in [0, 0.1) is 6.92 Å². The van der Waals surface area contributed by atoms with E-state index in [1.807, 2.05) is 36.4 Å². The van der Waals surface area contributed by atoms with E-state index in [-0.39, 0.29) is 0 Å². The van der Waals surface area contributed by atoms with Crippen molar-refractivity contribution in [1.82, 2.24) is 9.38 Å². The van der Waals surface area contributed by atoms with Gasteiger partial charge >= 0.3 is 5.97 Å². The first-order valence-corrected chi connectivity index (χ1v) is 8.29. The van der Waals surface area contributed by atoms with E-state index in [0.29, 0.717) is 27.8 Å². The van der Waals surface area contributed by atoms with Gasteiger partial charge in [0.2, 0.25) is 0 Å². The fourth-order valence-corrected chi connectivity index (χ4v) is 3.96. The predicted molar refractivity (Wildman–Crippen MR) is 92.7 cm³/mol. The molecule has 0 fully saturated rings. The van der Waals surface area contributed by atoms with E-state index in [1.165, 1.54) is 11.3 Å². The number of carboxylic acids is 1. The first-order chi connectivity index (χ1) is 11.5. The number of fused-ring (bicyclic) bond motifs is 1. The molecular formula is C17H18N2O4S. The molecule has 0 unspecified atom stereocenters. The number of imidazole rings is 1. The third kappa shape index (κ3) is 2.41. The van der Waals surface area contributed by atoms with Crippen LogP contribution in [0.1, 0.15) is 28.0 Å². The summed E-state index contributed by atoms with van der Waals surface area (Å²) in [5.41, 5.74) is 3.41. The third-order valence-corrected chi connectivity index (χ3v) is 5.06. The zero-order chi connectivity index (χ0) is 17.4. The fourth-order valence-electron chi connectivity index (χ4n) is 2.86. The van der Waals surface area contributed by atoms with Crippen LogP contribution in [0.25, 0.3) is 16.2 Å². The number of thiazole rings is 1. The quantitative estimate of drug-likeness (QED) is 0.763. The van der Waals surface area contributed by atoms with Crippen molar-refractivity contribution in [2.45, 2.75) is 20.3 Å². The first-order valence-electron chi connectivity index (χ1n) is 7.48. The highest BCUT2D eigenvalue weighted by atomic mass is 32.1. The van der Waals surface area contributed by atoms with Crippen molar-refractivity contribution in [3.8, 4) is 22.8 Å². The Balaban J connectivity index is 2.20. The minimum absolute atomic E-state index is 0.349. The van der Waals surface area contributed by atoms with Gasteiger partial charge in [0.1, 0.15) is 4.88 Å². The van der Waals surface area contributed by atoms with Gasteiger partial charge in [-0.15, -0.1) is 0 Å². The Morgan fingerprint density at radius 3 is 2.58 bits per heavy atom. The molecule has 0 aliphatic rings. The molecule has 2 heterocycles. The number of hydrogen-bond acceptors (Lipinski definition) is 5. The van der Waals surface area contributed by atoms with Gasteiger partial charge in [0.15, 0.2) is 16.5 Å². The highest BCUT2D eigenvalue weighted by Crippen LogP contribution is 2.35. The number of hydrogen-bond donors (Lipinski definition) is 1. The molecule has 0 amide bonds. The maximum absolute atomic E-state index is 11.4. The van der Waals surface area contributed by atoms with E-state index in [9.17, 15) is 9.90 Å². The largest absolute Gasteiger partial charge is 0.493 e. The molecule has 24 heavy (non-hydrogen) atoms. The molecule has 0 saturated carbocycles. The molecule has 2 aromatic heterocycles. The van der Waals surface area contributed by atoms with Crippen molar-refractivity contribution in [2.75, 3.05) is 14.2 Å². The van der Waals surface area contributed by atoms with Crippen LogP contribution in [-0.4, -0.2) is 34.7 Å². The van der Waals surface area contributed by atoms with Crippen molar-refractivity contribution in [2.24, 2.45) is 0 Å². The van der Waals surface area contributed by atoms with Crippen molar-refractivity contribution in [3.63, 3.8) is 0 Å². The summed E-state index contributed by atoms with van der Waals surface area (Å²) in [6.45, 7) is 3.90. The lowest BCUT2D eigenvalue weighted by Crippen LogP contribution is -2.01. The molecule has 3 aromatic rings. The lowest BCUT2D eigenvalue weighted by Gasteiger charge is -2.09. The summed E-state index contributed by atoms with van der Waals surface area (Å²) in [6, 6.07) is 5.64. The minimum atomic E-state index is -0.908. The number of ether oxygens (including phenoxy) is 2. The smallest absolute Gasteiger partial charge is 0.347 e. The zero-order valence-corrected chi connectivity index (χ0v) is 14.7. The van der Waals surface area contributed by atoms with Gasteiger partial charge in [-0.05, 0) is 31.5 Å². The highest BCUT2D eigenvalue weighted by Gasteiger charge is 2.22. The second-order valence-electron chi connectivity index (χ2n) is 5.27. The second kappa shape index (κ2) is 6.16. The Kier molecular flexibility index (Phi) is 4.19. The first kappa shape index (κ1) is 16.3. The van der Waals surface area contributed by atoms with Crippen molar-refractivity contribution >= 4 is 22.3 Å². The molecule has 3 rings (SSSR count). The van der Waals surface area contributed by atoms with Crippen LogP contribution in [0.4, 0.5) is 0 Å². The Labute approximate surface area is 143 Å². The molecule has 0 aliphatic carbocycles. The number of nitrogens with zero attached hydrogens (tertiary/aromatic N) is 2. The van der Waals surface area contributed by atoms with Crippen LogP contribution in [0.5, 0.6) is 11.5 Å². The molecule has 6 nitrogen and oxygen atoms in total. The van der Waals surface area contributed by atoms with Crippen molar-refractivity contribution in [3.05, 3.63) is 34.5 Å². The average Bonchev–Trinajstić information content (AvgIpc) is 3.11. The lowest BCUT2D eigenvalue weighted by atomic mass is 10.1. The molecule has 0 radical (unpaired) electrons. The maximum Gasteiger partial charge on any atom is 0.347 e. The standard InChI is InChI=1S/C17H18N2O4S/c1-5-11-15(16(20)21)24-17-18-14(9(2)19(11)17)10-6-7-12(22-3)13(8-10)23-4/h6-8H,5H2,1-4H3,(H,20,21). The van der Waals surface area contributed by atoms with E-state index in [0.717, 1.165) is 22.6 Å². The summed E-state index contributed by atoms with van der Waals surface area (Å²) in [5.74, 6) is 0.379. The van der Waals surface area contributed by atoms with Gasteiger partial charge in [-0.3, -0.25) is 4.40 Å². The summed E-state index contributed by atoms with van der Waals surface area (Å²) >= 11 is 1.20. The topological polar surface area (TPSA) is 73.1 Å². The SMILES string of the molecule is CCc1c(C(=O)O)sc2nc(-c3ccc(OC)c(OC)c3)c(C)n12. The molecule has 1 N–H and O–H groups in total. The van der Waals surface area contributed by atoms with Gasteiger partial charge in [-0.1, -0.05) is 18.3 Å². The van der Waals surface area contributed by atoms with Crippen LogP contribution in [-0.2, 0) is 6.42 Å². The van der Waals surface area contributed by atoms with Crippen LogP contribution in [0.2, 0.25) is 0 Å². The minimum Gasteiger partial charge on any atom is -0.493 e. The number of methoxy groups -OCH3 is 2. The molecule has 126 valence electrons. The number of benzene rings is 1. The number of rotatable bonds is 5. The number of aryl methyl sites for hydroxylation is 2. The summed E-state index contributed by atoms with van der Waals surface area (Å²) in [4.78, 5) is 17.1. The summed E-state index contributed by atoms with van der Waals surface area (Å²) in [7, 11) is 3.19. The van der Waals surface area contributed by atoms with E-state index in [2.05, 4.69) is 4.98 Å². The van der Waals surface area contributed by atoms with E-state index >= 15 is 0 Å². The Morgan fingerprint density at radius 2 is 2.00 bits per heavy atom. The Bertz CT molecular complexity index is 926. The zero-order valence-electron chi connectivity index (χ0n) is 13.9. The predicted octanol–water partition coefficient (Wildman–Crippen LogP) is 3.65. The number of aromatic nitrogens is 2. The third-order valence-electron chi connectivity index (χ3n) is 3.99. The molecule has 0 spiro atoms. The van der Waals surface area contributed by atoms with Gasteiger partial charge in [-0.25, -0.2) is 9.78 Å². The molecule has 1 aromatic carbocycles. The number of carboxylic acid groups (broad SMARTS) is 1. The Hall–Kier alpha value is -2.54. The fraction of sp³-hybridized carbons (Fsp3) is 0.294. The molecule has 0 saturated heterocycles. The second-order valence-corrected chi connectivity index (χ2v) is 6.25. The van der Waals surface area contributed by atoms with E-state index in [1.54, 1.807) is 14.2 Å². The van der Waals surface area contributed by atoms with Gasteiger partial charge in [-0.2, -0.15) is 0 Å². The number of aromatic carboxylic acids is 1. The lowest BCUT2D eigenvalue weighted by molar-refractivity contribution is 0.0700. The number of carbonyl (C=O) groups is 1. The summed E-state index contributed by atoms with van der Waals surface area (Å²) in [6.07, 6.45) is 0.629. The monoisotopic (exact) mass is 346 g/mol. The molecule has 0 aliphatic heterocycles. The van der Waals surface area contributed by atoms with Crippen LogP contribution >= 0.6 is 11.3 Å². The van der Waals surface area contributed by atoms with Crippen LogP contribution < -0.4 is 9.47 Å². The Morgan fingerprint density at radius 1 is 1.29 bits per heavy atom. The molecule has 0 bridgehead atoms. The molecular weight excluding hydrogens is 328 g/mol. The van der Waals surface area contributed by atoms with E-state index < -0.39 is 5.97 Å². The maximum atomic E-state index is 11.4. The van der Waals surface area contributed by atoms with Crippen molar-refractivity contribution < 1.29 is 19.4 Å². The summed E-state index contributed by atoms with van der Waals surface area (Å²) in [5, 5.41) is 9.36. The van der Waals surface area contributed by atoms with Gasteiger partial charge in [0.25, 0.3) is 0 Å². The summed E-state index contributed by atoms with van der Waals surface area (Å²) < 4.78 is 12.6. The van der Waals surface area contributed by atoms with Gasteiger partial charge < -0.3 is 14.6 Å².